The molecule has 1 atom stereocenters. The lowest BCUT2D eigenvalue weighted by Crippen LogP contribution is -2.51. The molecule has 1 saturated carbocycles. The first-order chi connectivity index (χ1) is 20.4. The molecule has 216 valence electrons. The molecule has 2 saturated heterocycles. The first-order valence-corrected chi connectivity index (χ1v) is 14.2. The van der Waals surface area contributed by atoms with Gasteiger partial charge in [-0.3, -0.25) is 14.5 Å². The minimum absolute atomic E-state index is 0.146. The molecule has 2 N–H and O–H groups in total. The minimum Gasteiger partial charge on any atom is -0.341 e. The Morgan fingerprint density at radius 1 is 0.857 bits per heavy atom. The maximum atomic E-state index is 15.1. The number of aliphatic imine (C=N–C) groups is 1. The Morgan fingerprint density at radius 3 is 2.21 bits per heavy atom. The topological polar surface area (TPSA) is 94.1 Å². The smallest absolute Gasteiger partial charge is 0.321 e. The van der Waals surface area contributed by atoms with Crippen LogP contribution in [0.4, 0.5) is 25.0 Å². The van der Waals surface area contributed by atoms with Gasteiger partial charge in [0.1, 0.15) is 18.2 Å². The Bertz CT molecular complexity index is 1540. The number of fused-ring (bicyclic) bond motifs is 5. The van der Waals surface area contributed by atoms with Crippen LogP contribution in [0.3, 0.4) is 0 Å². The molecule has 0 unspecified atom stereocenters. The van der Waals surface area contributed by atoms with Crippen LogP contribution in [0.15, 0.2) is 77.8 Å². The Kier molecular flexibility index (Phi) is 7.69. The van der Waals surface area contributed by atoms with Gasteiger partial charge in [0.2, 0.25) is 12.1 Å². The number of rotatable bonds is 5. The molecule has 3 aromatic carbocycles. The highest BCUT2D eigenvalue weighted by molar-refractivity contribution is 6.21. The normalized spacial score (nSPS) is 21.6. The minimum atomic E-state index is -1.49. The SMILES string of the molecule is O=C(Nc1cccc(F)c1)N[C@@H]1N=C(c2ccccc2F)c2ccccc2N(CC(=O)N2CC3CCC(CC3)C2)C1=O. The van der Waals surface area contributed by atoms with Crippen LogP contribution in [-0.2, 0) is 9.59 Å². The van der Waals surface area contributed by atoms with Crippen LogP contribution in [-0.4, -0.2) is 54.3 Å². The number of hydrogen-bond donors (Lipinski definition) is 2. The van der Waals surface area contributed by atoms with E-state index in [2.05, 4.69) is 15.6 Å². The highest BCUT2D eigenvalue weighted by Crippen LogP contribution is 2.34. The van der Waals surface area contributed by atoms with E-state index in [1.54, 1.807) is 42.5 Å². The molecule has 4 amide bonds. The molecule has 10 heteroatoms. The number of hydrogen-bond acceptors (Lipinski definition) is 4. The predicted octanol–water partition coefficient (Wildman–Crippen LogP) is 4.95. The quantitative estimate of drug-likeness (QED) is 0.454. The van der Waals surface area contributed by atoms with E-state index < -0.39 is 29.7 Å². The number of benzene rings is 3. The molecule has 42 heavy (non-hydrogen) atoms. The molecule has 4 aliphatic rings. The van der Waals surface area contributed by atoms with E-state index in [4.69, 9.17) is 0 Å². The summed E-state index contributed by atoms with van der Waals surface area (Å²) in [4.78, 5) is 48.5. The lowest BCUT2D eigenvalue weighted by molar-refractivity contribution is -0.132. The van der Waals surface area contributed by atoms with Crippen LogP contribution < -0.4 is 15.5 Å². The van der Waals surface area contributed by atoms with E-state index in [-0.39, 0.29) is 29.4 Å². The summed E-state index contributed by atoms with van der Waals surface area (Å²) in [5, 5.41) is 5.06. The van der Waals surface area contributed by atoms with Gasteiger partial charge in [-0.15, -0.1) is 0 Å². The van der Waals surface area contributed by atoms with Crippen molar-refractivity contribution in [3.63, 3.8) is 0 Å². The summed E-state index contributed by atoms with van der Waals surface area (Å²) in [5.74, 6) is -1.01. The number of nitrogens with zero attached hydrogens (tertiary/aromatic N) is 3. The molecular weight excluding hydrogens is 540 g/mol. The van der Waals surface area contributed by atoms with E-state index in [0.29, 0.717) is 36.2 Å². The van der Waals surface area contributed by atoms with Gasteiger partial charge < -0.3 is 15.5 Å². The summed E-state index contributed by atoms with van der Waals surface area (Å²) in [7, 11) is 0. The number of para-hydroxylation sites is 1. The predicted molar refractivity (Wildman–Crippen MR) is 155 cm³/mol. The number of nitrogens with one attached hydrogen (secondary N) is 2. The first kappa shape index (κ1) is 27.6. The summed E-state index contributed by atoms with van der Waals surface area (Å²) >= 11 is 0. The molecule has 0 aromatic heterocycles. The fourth-order valence-electron chi connectivity index (χ4n) is 6.15. The van der Waals surface area contributed by atoms with Crippen molar-refractivity contribution < 1.29 is 23.2 Å². The van der Waals surface area contributed by atoms with Crippen molar-refractivity contribution in [3.05, 3.63) is 95.6 Å². The van der Waals surface area contributed by atoms with Crippen LogP contribution in [0, 0.1) is 23.5 Å². The zero-order valence-electron chi connectivity index (χ0n) is 22.9. The fourth-order valence-corrected chi connectivity index (χ4v) is 6.15. The highest BCUT2D eigenvalue weighted by atomic mass is 19.1. The summed E-state index contributed by atoms with van der Waals surface area (Å²) < 4.78 is 28.8. The zero-order chi connectivity index (χ0) is 29.2. The molecule has 3 aromatic rings. The van der Waals surface area contributed by atoms with Gasteiger partial charge in [0, 0.05) is 29.9 Å². The summed E-state index contributed by atoms with van der Waals surface area (Å²) in [6.07, 6.45) is 2.92. The molecule has 0 radical (unpaired) electrons. The average Bonchev–Trinajstić information content (AvgIpc) is 3.37. The second-order valence-corrected chi connectivity index (χ2v) is 11.1. The second-order valence-electron chi connectivity index (χ2n) is 11.1. The van der Waals surface area contributed by atoms with E-state index in [9.17, 15) is 18.8 Å². The molecule has 3 fully saturated rings. The Morgan fingerprint density at radius 2 is 1.52 bits per heavy atom. The zero-order valence-corrected chi connectivity index (χ0v) is 22.9. The number of halogens is 2. The van der Waals surface area contributed by atoms with Crippen LogP contribution in [0.1, 0.15) is 36.8 Å². The third-order valence-electron chi connectivity index (χ3n) is 8.26. The molecule has 7 rings (SSSR count). The summed E-state index contributed by atoms with van der Waals surface area (Å²) in [6, 6.07) is 17.4. The molecule has 3 aliphatic heterocycles. The van der Waals surface area contributed by atoms with Crippen LogP contribution in [0.25, 0.3) is 0 Å². The van der Waals surface area contributed by atoms with E-state index in [1.807, 2.05) is 4.90 Å². The average molecular weight is 572 g/mol. The van der Waals surface area contributed by atoms with Gasteiger partial charge in [0.25, 0.3) is 5.91 Å². The fraction of sp³-hybridized carbons (Fsp3) is 0.312. The van der Waals surface area contributed by atoms with Crippen molar-refractivity contribution in [2.45, 2.75) is 31.8 Å². The standard InChI is InChI=1S/C32H31F2N5O3/c33-22-6-5-7-23(16-22)35-32(42)37-30-31(41)39(19-28(40)38-17-20-12-13-21(18-38)15-14-20)27-11-4-2-9-25(27)29(36-30)24-8-1-3-10-26(24)34/h1-11,16,20-21,30H,12-15,17-19H2,(H2,35,37,42)/t20?,21?,30-/m0/s1. The van der Waals surface area contributed by atoms with Gasteiger partial charge in [-0.1, -0.05) is 36.4 Å². The number of amides is 4. The lowest BCUT2D eigenvalue weighted by Gasteiger charge is -2.29. The monoisotopic (exact) mass is 571 g/mol. The number of benzodiazepines with no additional fused rings is 1. The van der Waals surface area contributed by atoms with Crippen molar-refractivity contribution in [1.82, 2.24) is 10.2 Å². The Balaban J connectivity index is 1.35. The maximum absolute atomic E-state index is 15.1. The van der Waals surface area contributed by atoms with E-state index >= 15 is 4.39 Å². The molecule has 8 nitrogen and oxygen atoms in total. The third-order valence-corrected chi connectivity index (χ3v) is 8.26. The van der Waals surface area contributed by atoms with E-state index in [1.165, 1.54) is 29.2 Å². The van der Waals surface area contributed by atoms with Gasteiger partial charge in [0.05, 0.1) is 11.4 Å². The van der Waals surface area contributed by atoms with Crippen LogP contribution in [0.5, 0.6) is 0 Å². The van der Waals surface area contributed by atoms with Crippen LogP contribution in [0.2, 0.25) is 0 Å². The molecule has 3 heterocycles. The van der Waals surface area contributed by atoms with Crippen molar-refractivity contribution in [3.8, 4) is 0 Å². The summed E-state index contributed by atoms with van der Waals surface area (Å²) in [6.45, 7) is 1.07. The molecule has 1 aliphatic carbocycles. The van der Waals surface area contributed by atoms with Gasteiger partial charge in [-0.25, -0.2) is 18.6 Å². The molecule has 2 bridgehead atoms. The van der Waals surface area contributed by atoms with Crippen molar-refractivity contribution in [2.75, 3.05) is 29.9 Å². The first-order valence-electron chi connectivity index (χ1n) is 14.2. The summed E-state index contributed by atoms with van der Waals surface area (Å²) in [5.41, 5.74) is 1.33. The van der Waals surface area contributed by atoms with Gasteiger partial charge in [-0.2, -0.15) is 0 Å². The largest absolute Gasteiger partial charge is 0.341 e. The molecule has 0 spiro atoms. The second kappa shape index (κ2) is 11.7. The van der Waals surface area contributed by atoms with E-state index in [0.717, 1.165) is 31.7 Å². The van der Waals surface area contributed by atoms with Gasteiger partial charge in [0.15, 0.2) is 0 Å². The highest BCUT2D eigenvalue weighted by Gasteiger charge is 2.37. The third kappa shape index (κ3) is 5.74. The number of anilines is 2. The number of carbonyl (C=O) groups excluding carboxylic acids is 3. The lowest BCUT2D eigenvalue weighted by atomic mass is 9.84. The maximum Gasteiger partial charge on any atom is 0.321 e. The Hall–Kier alpha value is -4.60. The van der Waals surface area contributed by atoms with Gasteiger partial charge in [-0.05, 0) is 73.9 Å². The number of carbonyl (C=O) groups is 3. The van der Waals surface area contributed by atoms with Crippen molar-refractivity contribution in [1.29, 1.82) is 0 Å². The molecular formula is C32H31F2N5O3. The van der Waals surface area contributed by atoms with Crippen LogP contribution >= 0.6 is 0 Å². The van der Waals surface area contributed by atoms with Crippen molar-refractivity contribution >= 4 is 34.9 Å². The van der Waals surface area contributed by atoms with Gasteiger partial charge >= 0.3 is 6.03 Å². The number of urea groups is 1. The van der Waals surface area contributed by atoms with Crippen molar-refractivity contribution in [2.24, 2.45) is 16.8 Å². The Labute approximate surface area is 242 Å².